The highest BCUT2D eigenvalue weighted by Crippen LogP contribution is 2.40. The third kappa shape index (κ3) is 2.47. The number of nitrogens with two attached hydrogens (primary N) is 1. The Morgan fingerprint density at radius 1 is 0.905 bits per heavy atom. The minimum Gasteiger partial charge on any atom is -0.485 e. The summed E-state index contributed by atoms with van der Waals surface area (Å²) in [5.41, 5.74) is 6.28. The third-order valence-electron chi connectivity index (χ3n) is 3.50. The smallest absolute Gasteiger partial charge is 0.161 e. The van der Waals surface area contributed by atoms with E-state index in [0.29, 0.717) is 17.4 Å². The van der Waals surface area contributed by atoms with Crippen LogP contribution in [0, 0.1) is 23.3 Å². The lowest BCUT2D eigenvalue weighted by molar-refractivity contribution is 0.156. The van der Waals surface area contributed by atoms with Crippen molar-refractivity contribution >= 4 is 0 Å². The molecule has 1 heterocycles. The molecule has 0 saturated carbocycles. The Labute approximate surface area is 118 Å². The van der Waals surface area contributed by atoms with Gasteiger partial charge in [-0.2, -0.15) is 0 Å². The van der Waals surface area contributed by atoms with Gasteiger partial charge in [0.1, 0.15) is 23.5 Å². The van der Waals surface area contributed by atoms with Gasteiger partial charge in [0.25, 0.3) is 0 Å². The first-order valence-corrected chi connectivity index (χ1v) is 6.32. The maximum atomic E-state index is 13.8. The molecule has 2 aromatic rings. The fraction of sp³-hybridized carbons (Fsp3) is 0.200. The summed E-state index contributed by atoms with van der Waals surface area (Å²) in [5, 5.41) is 0. The molecule has 6 heteroatoms. The summed E-state index contributed by atoms with van der Waals surface area (Å²) >= 11 is 0. The average molecular weight is 297 g/mol. The Bertz CT molecular complexity index is 704. The largest absolute Gasteiger partial charge is 0.485 e. The van der Waals surface area contributed by atoms with Gasteiger partial charge in [-0.25, -0.2) is 17.6 Å². The van der Waals surface area contributed by atoms with Crippen molar-refractivity contribution in [3.8, 4) is 5.75 Å². The van der Waals surface area contributed by atoms with E-state index in [-0.39, 0.29) is 12.0 Å². The van der Waals surface area contributed by atoms with Gasteiger partial charge >= 0.3 is 0 Å². The Hall–Kier alpha value is -2.08. The molecule has 2 aromatic carbocycles. The molecule has 3 rings (SSSR count). The second-order valence-corrected chi connectivity index (χ2v) is 4.92. The van der Waals surface area contributed by atoms with E-state index in [1.54, 1.807) is 0 Å². The van der Waals surface area contributed by atoms with Gasteiger partial charge in [0.05, 0.1) is 0 Å². The van der Waals surface area contributed by atoms with Crippen LogP contribution in [0.4, 0.5) is 17.6 Å². The van der Waals surface area contributed by atoms with Gasteiger partial charge in [-0.15, -0.1) is 0 Å². The van der Waals surface area contributed by atoms with Crippen molar-refractivity contribution in [1.82, 2.24) is 0 Å². The normalized spacial score (nSPS) is 20.8. The molecule has 110 valence electrons. The zero-order valence-electron chi connectivity index (χ0n) is 10.7. The number of rotatable bonds is 1. The zero-order valence-corrected chi connectivity index (χ0v) is 10.7. The number of hydrogen-bond acceptors (Lipinski definition) is 2. The number of fused-ring (bicyclic) bond motifs is 1. The number of benzene rings is 2. The van der Waals surface area contributed by atoms with Crippen LogP contribution in [0.3, 0.4) is 0 Å². The zero-order chi connectivity index (χ0) is 15.1. The highest BCUT2D eigenvalue weighted by atomic mass is 19.2. The summed E-state index contributed by atoms with van der Waals surface area (Å²) in [6.45, 7) is 0. The molecule has 21 heavy (non-hydrogen) atoms. The molecule has 0 spiro atoms. The van der Waals surface area contributed by atoms with Crippen LogP contribution in [0.2, 0.25) is 0 Å². The van der Waals surface area contributed by atoms with Crippen LogP contribution in [0.5, 0.6) is 5.75 Å². The topological polar surface area (TPSA) is 35.2 Å². The van der Waals surface area contributed by atoms with Gasteiger partial charge in [0, 0.05) is 29.7 Å². The third-order valence-corrected chi connectivity index (χ3v) is 3.50. The highest BCUT2D eigenvalue weighted by Gasteiger charge is 2.30. The highest BCUT2D eigenvalue weighted by molar-refractivity contribution is 5.39. The van der Waals surface area contributed by atoms with Gasteiger partial charge in [0.15, 0.2) is 11.6 Å². The van der Waals surface area contributed by atoms with Crippen LogP contribution in [-0.2, 0) is 0 Å². The van der Waals surface area contributed by atoms with E-state index < -0.39 is 35.4 Å². The second-order valence-electron chi connectivity index (χ2n) is 4.92. The van der Waals surface area contributed by atoms with E-state index in [4.69, 9.17) is 10.5 Å². The van der Waals surface area contributed by atoms with E-state index >= 15 is 0 Å². The Balaban J connectivity index is 1.99. The fourth-order valence-electron chi connectivity index (χ4n) is 2.45. The van der Waals surface area contributed by atoms with Crippen LogP contribution < -0.4 is 10.5 Å². The lowest BCUT2D eigenvalue weighted by atomic mass is 9.93. The average Bonchev–Trinajstić information content (AvgIpc) is 2.43. The summed E-state index contributed by atoms with van der Waals surface area (Å²) in [4.78, 5) is 0. The maximum Gasteiger partial charge on any atom is 0.161 e. The van der Waals surface area contributed by atoms with Crippen molar-refractivity contribution < 1.29 is 22.3 Å². The predicted octanol–water partition coefficient (Wildman–Crippen LogP) is 3.77. The van der Waals surface area contributed by atoms with E-state index in [1.165, 1.54) is 18.2 Å². The molecule has 2 nitrogen and oxygen atoms in total. The number of ether oxygens (including phenoxy) is 1. The summed E-state index contributed by atoms with van der Waals surface area (Å²) in [6, 6.07) is 4.47. The standard InChI is InChI=1S/C15H11F4NO/c16-7-1-2-14-9(3-7)13(20)6-15(21-14)8-4-11(18)12(19)5-10(8)17/h1-5,13,15H,6,20H2. The van der Waals surface area contributed by atoms with Crippen LogP contribution in [0.25, 0.3) is 0 Å². The Kier molecular flexibility index (Phi) is 3.33. The van der Waals surface area contributed by atoms with Gasteiger partial charge in [-0.05, 0) is 24.3 Å². The summed E-state index contributed by atoms with van der Waals surface area (Å²) < 4.78 is 58.8. The van der Waals surface area contributed by atoms with Crippen LogP contribution >= 0.6 is 0 Å². The lowest BCUT2D eigenvalue weighted by Crippen LogP contribution is -2.25. The van der Waals surface area contributed by atoms with Gasteiger partial charge in [-0.1, -0.05) is 0 Å². The Morgan fingerprint density at radius 3 is 2.38 bits per heavy atom. The summed E-state index contributed by atoms with van der Waals surface area (Å²) in [6.07, 6.45) is -0.716. The monoisotopic (exact) mass is 297 g/mol. The van der Waals surface area contributed by atoms with Crippen molar-refractivity contribution in [2.45, 2.75) is 18.6 Å². The molecule has 2 N–H and O–H groups in total. The molecule has 0 fully saturated rings. The van der Waals surface area contributed by atoms with Crippen molar-refractivity contribution in [2.75, 3.05) is 0 Å². The number of halogens is 4. The molecule has 0 radical (unpaired) electrons. The molecule has 0 aromatic heterocycles. The molecule has 0 bridgehead atoms. The molecule has 1 aliphatic heterocycles. The molecule has 1 aliphatic rings. The van der Waals surface area contributed by atoms with Gasteiger partial charge in [0.2, 0.25) is 0 Å². The van der Waals surface area contributed by atoms with Crippen LogP contribution in [0.1, 0.15) is 29.7 Å². The SMILES string of the molecule is NC1CC(c2cc(F)c(F)cc2F)Oc2ccc(F)cc21. The van der Waals surface area contributed by atoms with Crippen molar-refractivity contribution in [3.05, 3.63) is 64.7 Å². The Morgan fingerprint density at radius 2 is 1.62 bits per heavy atom. The van der Waals surface area contributed by atoms with Gasteiger partial charge < -0.3 is 10.5 Å². The number of hydrogen-bond donors (Lipinski definition) is 1. The van der Waals surface area contributed by atoms with Crippen molar-refractivity contribution in [2.24, 2.45) is 5.73 Å². The lowest BCUT2D eigenvalue weighted by Gasteiger charge is -2.30. The molecule has 2 unspecified atom stereocenters. The minimum absolute atomic E-state index is 0.112. The van der Waals surface area contributed by atoms with E-state index in [0.717, 1.165) is 6.07 Å². The van der Waals surface area contributed by atoms with Crippen molar-refractivity contribution in [1.29, 1.82) is 0 Å². The quantitative estimate of drug-likeness (QED) is 0.642. The molecule has 0 amide bonds. The molecule has 2 atom stereocenters. The van der Waals surface area contributed by atoms with Crippen molar-refractivity contribution in [3.63, 3.8) is 0 Å². The van der Waals surface area contributed by atoms with E-state index in [9.17, 15) is 17.6 Å². The first-order chi connectivity index (χ1) is 9.95. The molecular formula is C15H11F4NO. The first kappa shape index (κ1) is 13.9. The predicted molar refractivity (Wildman–Crippen MR) is 67.6 cm³/mol. The summed E-state index contributed by atoms with van der Waals surface area (Å²) in [7, 11) is 0. The van der Waals surface area contributed by atoms with Gasteiger partial charge in [-0.3, -0.25) is 0 Å². The molecular weight excluding hydrogens is 286 g/mol. The second kappa shape index (κ2) is 5.04. The van der Waals surface area contributed by atoms with E-state index in [2.05, 4.69) is 0 Å². The fourth-order valence-corrected chi connectivity index (χ4v) is 2.45. The van der Waals surface area contributed by atoms with Crippen LogP contribution in [0.15, 0.2) is 30.3 Å². The first-order valence-electron chi connectivity index (χ1n) is 6.32. The van der Waals surface area contributed by atoms with Crippen LogP contribution in [-0.4, -0.2) is 0 Å². The summed E-state index contributed by atoms with van der Waals surface area (Å²) in [5.74, 6) is -3.47. The molecule has 0 aliphatic carbocycles. The minimum atomic E-state index is -1.26. The van der Waals surface area contributed by atoms with E-state index in [1.807, 2.05) is 0 Å². The molecule has 0 saturated heterocycles. The maximum absolute atomic E-state index is 13.8.